The summed E-state index contributed by atoms with van der Waals surface area (Å²) in [5.74, 6) is 2.51. The van der Waals surface area contributed by atoms with E-state index in [1.165, 1.54) is 0 Å². The van der Waals surface area contributed by atoms with Crippen LogP contribution in [0.3, 0.4) is 0 Å². The van der Waals surface area contributed by atoms with Gasteiger partial charge in [-0.15, -0.1) is 0 Å². The van der Waals surface area contributed by atoms with E-state index >= 15 is 0 Å². The van der Waals surface area contributed by atoms with Crippen LogP contribution in [0.5, 0.6) is 11.5 Å². The number of rotatable bonds is 7. The second kappa shape index (κ2) is 10.1. The number of carbonyl (C=O) groups is 1. The Kier molecular flexibility index (Phi) is 6.92. The van der Waals surface area contributed by atoms with Crippen molar-refractivity contribution < 1.29 is 19.4 Å². The van der Waals surface area contributed by atoms with Gasteiger partial charge >= 0.3 is 0 Å². The van der Waals surface area contributed by atoms with Gasteiger partial charge < -0.3 is 24.8 Å². The molecule has 36 heavy (non-hydrogen) atoms. The van der Waals surface area contributed by atoms with Crippen LogP contribution in [0.4, 0.5) is 23.1 Å². The third-order valence-electron chi connectivity index (χ3n) is 7.50. The first-order valence-corrected chi connectivity index (χ1v) is 13.2. The number of nitrogens with one attached hydrogen (secondary N) is 1. The number of amides is 1. The van der Waals surface area contributed by atoms with Gasteiger partial charge in [0.2, 0.25) is 5.95 Å². The fourth-order valence-electron chi connectivity index (χ4n) is 5.45. The van der Waals surface area contributed by atoms with Crippen LogP contribution in [0, 0.1) is 5.92 Å². The van der Waals surface area contributed by atoms with Gasteiger partial charge in [0.1, 0.15) is 5.75 Å². The van der Waals surface area contributed by atoms with Gasteiger partial charge in [0, 0.05) is 37.5 Å². The molecule has 1 aliphatic carbocycles. The summed E-state index contributed by atoms with van der Waals surface area (Å²) in [6.07, 6.45) is 7.79. The molecule has 1 saturated heterocycles. The van der Waals surface area contributed by atoms with Gasteiger partial charge in [-0.05, 0) is 64.5 Å². The van der Waals surface area contributed by atoms with Crippen LogP contribution in [0.25, 0.3) is 0 Å². The lowest BCUT2D eigenvalue weighted by atomic mass is 9.97. The van der Waals surface area contributed by atoms with E-state index in [-0.39, 0.29) is 18.6 Å². The highest BCUT2D eigenvalue weighted by atomic mass is 16.5. The van der Waals surface area contributed by atoms with E-state index in [4.69, 9.17) is 14.5 Å². The Labute approximate surface area is 212 Å². The molecule has 0 radical (unpaired) electrons. The van der Waals surface area contributed by atoms with Crippen molar-refractivity contribution in [3.05, 3.63) is 24.4 Å². The quantitative estimate of drug-likeness (QED) is 0.587. The molecule has 1 amide bonds. The van der Waals surface area contributed by atoms with Crippen LogP contribution in [-0.4, -0.2) is 58.9 Å². The van der Waals surface area contributed by atoms with E-state index in [1.807, 2.05) is 24.0 Å². The Bertz CT molecular complexity index is 1090. The van der Waals surface area contributed by atoms with Crippen molar-refractivity contribution in [3.8, 4) is 11.5 Å². The fraction of sp³-hybridized carbons (Fsp3) is 0.593. The zero-order valence-corrected chi connectivity index (χ0v) is 21.5. The molecule has 0 atom stereocenters. The molecule has 0 unspecified atom stereocenters. The predicted molar refractivity (Wildman–Crippen MR) is 139 cm³/mol. The first-order valence-electron chi connectivity index (χ1n) is 13.2. The molecule has 0 bridgehead atoms. The van der Waals surface area contributed by atoms with Crippen LogP contribution in [0.1, 0.15) is 59.3 Å². The number of benzene rings is 1. The van der Waals surface area contributed by atoms with Crippen molar-refractivity contribution in [2.24, 2.45) is 5.92 Å². The first-order chi connectivity index (χ1) is 17.4. The van der Waals surface area contributed by atoms with Crippen LogP contribution in [0.15, 0.2) is 24.4 Å². The highest BCUT2D eigenvalue weighted by Gasteiger charge is 2.45. The molecule has 1 aromatic heterocycles. The minimum atomic E-state index is -0.947. The summed E-state index contributed by atoms with van der Waals surface area (Å²) in [7, 11) is 0. The van der Waals surface area contributed by atoms with E-state index in [2.05, 4.69) is 21.3 Å². The molecule has 2 fully saturated rings. The Morgan fingerprint density at radius 2 is 1.94 bits per heavy atom. The fourth-order valence-corrected chi connectivity index (χ4v) is 5.45. The second-order valence-electron chi connectivity index (χ2n) is 10.5. The van der Waals surface area contributed by atoms with Gasteiger partial charge in [-0.2, -0.15) is 4.98 Å². The van der Waals surface area contributed by atoms with Crippen LogP contribution < -0.4 is 24.6 Å². The standard InChI is InChI=1S/C27H37N5O4/c1-4-35-22-15-20(31-13-11-18(17-33)12-14-31)9-10-21(22)29-26-28-16-23-24(30-26)32(19-7-5-6-8-19)25(34)27(2,3)36-23/h9-10,15-16,18-19,33H,4-8,11-14,17H2,1-3H3,(H,28,29,30). The highest BCUT2D eigenvalue weighted by molar-refractivity contribution is 6.02. The molecule has 2 aromatic rings. The second-order valence-corrected chi connectivity index (χ2v) is 10.5. The maximum absolute atomic E-state index is 13.3. The van der Waals surface area contributed by atoms with Crippen molar-refractivity contribution in [3.63, 3.8) is 0 Å². The average molecular weight is 496 g/mol. The zero-order valence-electron chi connectivity index (χ0n) is 21.5. The summed E-state index contributed by atoms with van der Waals surface area (Å²) < 4.78 is 12.0. The van der Waals surface area contributed by atoms with Crippen LogP contribution >= 0.6 is 0 Å². The first kappa shape index (κ1) is 24.6. The lowest BCUT2D eigenvalue weighted by Crippen LogP contribution is -2.55. The predicted octanol–water partition coefficient (Wildman–Crippen LogP) is 4.27. The maximum Gasteiger partial charge on any atom is 0.272 e. The molecule has 194 valence electrons. The van der Waals surface area contributed by atoms with Crippen molar-refractivity contribution >= 4 is 29.0 Å². The summed E-state index contributed by atoms with van der Waals surface area (Å²) in [5.41, 5.74) is 0.916. The van der Waals surface area contributed by atoms with E-state index in [1.54, 1.807) is 20.0 Å². The minimum Gasteiger partial charge on any atom is -0.492 e. The monoisotopic (exact) mass is 495 g/mol. The number of nitrogens with zero attached hydrogens (tertiary/aromatic N) is 4. The lowest BCUT2D eigenvalue weighted by molar-refractivity contribution is -0.133. The number of aliphatic hydroxyl groups is 1. The van der Waals surface area contributed by atoms with E-state index < -0.39 is 5.60 Å². The largest absolute Gasteiger partial charge is 0.492 e. The Balaban J connectivity index is 1.41. The molecule has 3 aliphatic rings. The molecule has 1 saturated carbocycles. The number of hydrogen-bond donors (Lipinski definition) is 2. The van der Waals surface area contributed by atoms with Gasteiger partial charge in [-0.25, -0.2) is 4.98 Å². The SMILES string of the molecule is CCOc1cc(N2CCC(CO)CC2)ccc1Nc1ncc2c(n1)N(C1CCCC1)C(=O)C(C)(C)O2. The summed E-state index contributed by atoms with van der Waals surface area (Å²) >= 11 is 0. The number of piperidine rings is 1. The summed E-state index contributed by atoms with van der Waals surface area (Å²) in [6, 6.07) is 6.24. The van der Waals surface area contributed by atoms with Crippen LogP contribution in [0.2, 0.25) is 0 Å². The molecule has 9 nitrogen and oxygen atoms in total. The average Bonchev–Trinajstić information content (AvgIpc) is 3.41. The zero-order chi connectivity index (χ0) is 25.3. The van der Waals surface area contributed by atoms with Crippen LogP contribution in [-0.2, 0) is 4.79 Å². The molecule has 1 aromatic carbocycles. The smallest absolute Gasteiger partial charge is 0.272 e. The van der Waals surface area contributed by atoms with Gasteiger partial charge in [-0.1, -0.05) is 12.8 Å². The van der Waals surface area contributed by atoms with E-state index in [9.17, 15) is 9.90 Å². The minimum absolute atomic E-state index is 0.0594. The third kappa shape index (κ3) is 4.81. The summed E-state index contributed by atoms with van der Waals surface area (Å²) in [4.78, 5) is 26.7. The Morgan fingerprint density at radius 3 is 2.64 bits per heavy atom. The summed E-state index contributed by atoms with van der Waals surface area (Å²) in [5, 5.41) is 12.8. The van der Waals surface area contributed by atoms with E-state index in [0.717, 1.165) is 68.7 Å². The number of hydrogen-bond acceptors (Lipinski definition) is 8. The molecular formula is C27H37N5O4. The highest BCUT2D eigenvalue weighted by Crippen LogP contribution is 2.41. The van der Waals surface area contributed by atoms with Gasteiger partial charge in [0.15, 0.2) is 17.2 Å². The third-order valence-corrected chi connectivity index (χ3v) is 7.50. The lowest BCUT2D eigenvalue weighted by Gasteiger charge is -2.40. The number of carbonyl (C=O) groups excluding carboxylic acids is 1. The molecule has 3 heterocycles. The molecule has 0 spiro atoms. The molecule has 2 N–H and O–H groups in total. The number of ether oxygens (including phenoxy) is 2. The molecule has 5 rings (SSSR count). The molecular weight excluding hydrogens is 458 g/mol. The van der Waals surface area contributed by atoms with Crippen molar-refractivity contribution in [2.75, 3.05) is 41.4 Å². The van der Waals surface area contributed by atoms with Crippen molar-refractivity contribution in [1.82, 2.24) is 9.97 Å². The van der Waals surface area contributed by atoms with Crippen molar-refractivity contribution in [2.45, 2.75) is 70.9 Å². The molecule has 2 aliphatic heterocycles. The van der Waals surface area contributed by atoms with E-state index in [0.29, 0.717) is 30.0 Å². The number of fused-ring (bicyclic) bond motifs is 1. The maximum atomic E-state index is 13.3. The normalized spacial score (nSPS) is 20.3. The topological polar surface area (TPSA) is 100 Å². The van der Waals surface area contributed by atoms with Crippen molar-refractivity contribution in [1.29, 1.82) is 0 Å². The number of aliphatic hydroxyl groups excluding tert-OH is 1. The Hall–Kier alpha value is -3.07. The Morgan fingerprint density at radius 1 is 1.19 bits per heavy atom. The molecule has 9 heteroatoms. The number of anilines is 4. The van der Waals surface area contributed by atoms with Gasteiger partial charge in [0.05, 0.1) is 18.5 Å². The summed E-state index contributed by atoms with van der Waals surface area (Å²) in [6.45, 7) is 8.18. The number of aromatic nitrogens is 2. The van der Waals surface area contributed by atoms with Gasteiger partial charge in [-0.3, -0.25) is 9.69 Å². The van der Waals surface area contributed by atoms with Gasteiger partial charge in [0.25, 0.3) is 5.91 Å².